The van der Waals surface area contributed by atoms with Crippen LogP contribution in [0.25, 0.3) is 0 Å². The smallest absolute Gasteiger partial charge is 0.225 e. The number of hydrogen-bond donors (Lipinski definition) is 2. The summed E-state index contributed by atoms with van der Waals surface area (Å²) in [6.07, 6.45) is 7.72. The lowest BCUT2D eigenvalue weighted by Gasteiger charge is -2.52. The summed E-state index contributed by atoms with van der Waals surface area (Å²) in [5.74, 6) is 3.68. The maximum absolute atomic E-state index is 12.8. The standard InChI is InChI=1S/C23H42N4O2S.HI/c1-5-6-13-29-20-16-19(23(20,2)3)26-22(24-4)25-18-9-7-17(8-10-18)21(28)27-11-14-30-15-12-27;/h17-20H,5-16H2,1-4H3,(H2,24,25,26);1H. The Labute approximate surface area is 210 Å². The molecule has 6 nitrogen and oxygen atoms in total. The molecule has 0 aromatic carbocycles. The summed E-state index contributed by atoms with van der Waals surface area (Å²) in [7, 11) is 1.85. The van der Waals surface area contributed by atoms with Crippen molar-refractivity contribution < 1.29 is 9.53 Å². The molecule has 0 aromatic rings. The maximum atomic E-state index is 12.8. The van der Waals surface area contributed by atoms with Crippen molar-refractivity contribution in [3.8, 4) is 0 Å². The van der Waals surface area contributed by atoms with Crippen LogP contribution >= 0.6 is 35.7 Å². The van der Waals surface area contributed by atoms with Gasteiger partial charge in [0.2, 0.25) is 5.91 Å². The Hall–Kier alpha value is -0.220. The predicted octanol–water partition coefficient (Wildman–Crippen LogP) is 3.89. The molecule has 1 saturated heterocycles. The first-order valence-electron chi connectivity index (χ1n) is 11.9. The minimum atomic E-state index is 0. The molecule has 180 valence electrons. The number of aliphatic imine (C=N–C) groups is 1. The Morgan fingerprint density at radius 1 is 1.16 bits per heavy atom. The van der Waals surface area contributed by atoms with E-state index in [2.05, 4.69) is 41.3 Å². The van der Waals surface area contributed by atoms with Crippen molar-refractivity contribution in [1.29, 1.82) is 0 Å². The van der Waals surface area contributed by atoms with E-state index < -0.39 is 0 Å². The molecule has 3 aliphatic rings. The molecular formula is C23H43IN4O2S. The first-order chi connectivity index (χ1) is 14.5. The van der Waals surface area contributed by atoms with Gasteiger partial charge in [-0.2, -0.15) is 11.8 Å². The molecule has 0 bridgehead atoms. The number of hydrogen-bond acceptors (Lipinski definition) is 4. The molecule has 0 spiro atoms. The van der Waals surface area contributed by atoms with Crippen molar-refractivity contribution in [2.75, 3.05) is 38.2 Å². The van der Waals surface area contributed by atoms with Gasteiger partial charge in [0.15, 0.2) is 5.96 Å². The van der Waals surface area contributed by atoms with E-state index >= 15 is 0 Å². The van der Waals surface area contributed by atoms with Crippen LogP contribution in [0.5, 0.6) is 0 Å². The minimum absolute atomic E-state index is 0. The predicted molar refractivity (Wildman–Crippen MR) is 142 cm³/mol. The normalized spacial score (nSPS) is 30.7. The summed E-state index contributed by atoms with van der Waals surface area (Å²) in [5, 5.41) is 7.25. The highest BCUT2D eigenvalue weighted by atomic mass is 127. The maximum Gasteiger partial charge on any atom is 0.225 e. The van der Waals surface area contributed by atoms with Crippen molar-refractivity contribution in [3.05, 3.63) is 0 Å². The van der Waals surface area contributed by atoms with Crippen LogP contribution in [0.15, 0.2) is 4.99 Å². The van der Waals surface area contributed by atoms with Gasteiger partial charge in [0.25, 0.3) is 0 Å². The van der Waals surface area contributed by atoms with Crippen molar-refractivity contribution in [1.82, 2.24) is 15.5 Å². The second-order valence-electron chi connectivity index (χ2n) is 9.67. The van der Waals surface area contributed by atoms with Crippen LogP contribution in [0.2, 0.25) is 0 Å². The van der Waals surface area contributed by atoms with Crippen LogP contribution in [-0.4, -0.2) is 73.2 Å². The fourth-order valence-corrected chi connectivity index (χ4v) is 5.74. The molecule has 2 N–H and O–H groups in total. The first kappa shape index (κ1) is 27.0. The highest BCUT2D eigenvalue weighted by Crippen LogP contribution is 2.42. The van der Waals surface area contributed by atoms with Crippen LogP contribution in [0.3, 0.4) is 0 Å². The molecule has 2 atom stereocenters. The summed E-state index contributed by atoms with van der Waals surface area (Å²) in [4.78, 5) is 19.3. The first-order valence-corrected chi connectivity index (χ1v) is 13.1. The number of nitrogens with one attached hydrogen (secondary N) is 2. The summed E-state index contributed by atoms with van der Waals surface area (Å²) in [5.41, 5.74) is 0.113. The number of nitrogens with zero attached hydrogens (tertiary/aromatic N) is 2. The lowest BCUT2D eigenvalue weighted by atomic mass is 9.64. The molecule has 3 fully saturated rings. The van der Waals surface area contributed by atoms with Gasteiger partial charge in [-0.25, -0.2) is 0 Å². The molecular weight excluding hydrogens is 523 g/mol. The molecule has 3 rings (SSSR count). The fraction of sp³-hybridized carbons (Fsp3) is 0.913. The molecule has 2 saturated carbocycles. The number of halogens is 1. The zero-order chi connectivity index (χ0) is 21.6. The minimum Gasteiger partial charge on any atom is -0.378 e. The SMILES string of the molecule is CCCCOC1CC(NC(=NC)NC2CCC(C(=O)N3CCSCC3)CC2)C1(C)C.I. The second-order valence-corrected chi connectivity index (χ2v) is 10.9. The number of unbranched alkanes of at least 4 members (excludes halogenated alkanes) is 1. The number of carbonyl (C=O) groups excluding carboxylic acids is 1. The molecule has 31 heavy (non-hydrogen) atoms. The summed E-state index contributed by atoms with van der Waals surface area (Å²) >= 11 is 1.96. The van der Waals surface area contributed by atoms with Crippen LogP contribution < -0.4 is 10.6 Å². The van der Waals surface area contributed by atoms with Crippen LogP contribution in [0, 0.1) is 11.3 Å². The quantitative estimate of drug-likeness (QED) is 0.212. The van der Waals surface area contributed by atoms with E-state index in [1.807, 2.05) is 18.8 Å². The highest BCUT2D eigenvalue weighted by Gasteiger charge is 2.49. The fourth-order valence-electron chi connectivity index (χ4n) is 4.84. The molecule has 0 radical (unpaired) electrons. The number of carbonyl (C=O) groups is 1. The summed E-state index contributed by atoms with van der Waals surface area (Å²) in [6.45, 7) is 9.49. The van der Waals surface area contributed by atoms with Gasteiger partial charge < -0.3 is 20.3 Å². The Morgan fingerprint density at radius 3 is 2.42 bits per heavy atom. The summed E-state index contributed by atoms with van der Waals surface area (Å²) < 4.78 is 6.08. The van der Waals surface area contributed by atoms with Crippen LogP contribution in [-0.2, 0) is 9.53 Å². The van der Waals surface area contributed by atoms with Gasteiger partial charge in [-0.05, 0) is 38.5 Å². The lowest BCUT2D eigenvalue weighted by molar-refractivity contribution is -0.136. The van der Waals surface area contributed by atoms with E-state index in [4.69, 9.17) is 4.74 Å². The van der Waals surface area contributed by atoms with E-state index in [1.165, 1.54) is 6.42 Å². The van der Waals surface area contributed by atoms with E-state index in [0.29, 0.717) is 24.1 Å². The van der Waals surface area contributed by atoms with E-state index in [-0.39, 0.29) is 35.3 Å². The molecule has 2 unspecified atom stereocenters. The van der Waals surface area contributed by atoms with Gasteiger partial charge in [0.05, 0.1) is 6.10 Å². The van der Waals surface area contributed by atoms with Crippen molar-refractivity contribution >= 4 is 47.6 Å². The van der Waals surface area contributed by atoms with Crippen LogP contribution in [0.1, 0.15) is 65.7 Å². The Bertz CT molecular complexity index is 590. The third kappa shape index (κ3) is 7.13. The van der Waals surface area contributed by atoms with Crippen molar-refractivity contribution in [2.45, 2.75) is 83.9 Å². The van der Waals surface area contributed by atoms with Gasteiger partial charge in [-0.15, -0.1) is 24.0 Å². The number of rotatable bonds is 7. The summed E-state index contributed by atoms with van der Waals surface area (Å²) in [6, 6.07) is 0.780. The van der Waals surface area contributed by atoms with Crippen LogP contribution in [0.4, 0.5) is 0 Å². The number of amides is 1. The Balaban J connectivity index is 0.00000341. The molecule has 1 amide bonds. The van der Waals surface area contributed by atoms with Gasteiger partial charge in [-0.3, -0.25) is 9.79 Å². The van der Waals surface area contributed by atoms with Crippen molar-refractivity contribution in [2.24, 2.45) is 16.3 Å². The lowest BCUT2D eigenvalue weighted by Crippen LogP contribution is -2.64. The van der Waals surface area contributed by atoms with E-state index in [0.717, 1.165) is 75.7 Å². The topological polar surface area (TPSA) is 66.0 Å². The third-order valence-corrected chi connectivity index (χ3v) is 8.21. The van der Waals surface area contributed by atoms with Crippen molar-refractivity contribution in [3.63, 3.8) is 0 Å². The average Bonchev–Trinajstić information content (AvgIpc) is 2.77. The number of thioether (sulfide) groups is 1. The molecule has 1 aliphatic heterocycles. The third-order valence-electron chi connectivity index (χ3n) is 7.27. The van der Waals surface area contributed by atoms with Gasteiger partial charge in [-0.1, -0.05) is 27.2 Å². The average molecular weight is 567 g/mol. The zero-order valence-corrected chi connectivity index (χ0v) is 23.0. The highest BCUT2D eigenvalue weighted by molar-refractivity contribution is 14.0. The number of guanidine groups is 1. The molecule has 1 heterocycles. The zero-order valence-electron chi connectivity index (χ0n) is 19.8. The van der Waals surface area contributed by atoms with Gasteiger partial charge >= 0.3 is 0 Å². The number of ether oxygens (including phenoxy) is 1. The Morgan fingerprint density at radius 2 is 1.84 bits per heavy atom. The van der Waals surface area contributed by atoms with E-state index in [9.17, 15) is 4.79 Å². The van der Waals surface area contributed by atoms with Gasteiger partial charge in [0, 0.05) is 61.7 Å². The Kier molecular flexibility index (Phi) is 11.2. The second kappa shape index (κ2) is 12.9. The molecule has 2 aliphatic carbocycles. The van der Waals surface area contributed by atoms with Gasteiger partial charge in [0.1, 0.15) is 0 Å². The molecule has 0 aromatic heterocycles. The largest absolute Gasteiger partial charge is 0.378 e. The van der Waals surface area contributed by atoms with E-state index in [1.54, 1.807) is 0 Å². The molecule has 8 heteroatoms. The monoisotopic (exact) mass is 566 g/mol.